The third-order valence-corrected chi connectivity index (χ3v) is 6.77. The maximum atomic E-state index is 12.3. The monoisotopic (exact) mass is 333 g/mol. The van der Waals surface area contributed by atoms with E-state index >= 15 is 0 Å². The van der Waals surface area contributed by atoms with Crippen LogP contribution in [0, 0.1) is 0 Å². The van der Waals surface area contributed by atoms with Crippen molar-refractivity contribution in [1.82, 2.24) is 4.72 Å². The van der Waals surface area contributed by atoms with Gasteiger partial charge < -0.3 is 5.11 Å². The smallest absolute Gasteiger partial charge is 0.240 e. The molecule has 0 saturated carbocycles. The average molecular weight is 333 g/mol. The second kappa shape index (κ2) is 6.04. The van der Waals surface area contributed by atoms with Crippen LogP contribution in [0.3, 0.4) is 0 Å². The van der Waals surface area contributed by atoms with Crippen molar-refractivity contribution < 1.29 is 21.9 Å². The van der Waals surface area contributed by atoms with Crippen molar-refractivity contribution in [3.8, 4) is 0 Å². The van der Waals surface area contributed by atoms with E-state index in [2.05, 4.69) is 4.72 Å². The molecule has 0 spiro atoms. The number of rotatable bonds is 4. The second-order valence-electron chi connectivity index (χ2n) is 5.32. The molecule has 2 N–H and O–H groups in total. The first-order chi connectivity index (χ1) is 9.70. The molecule has 0 aromatic heterocycles. The van der Waals surface area contributed by atoms with Gasteiger partial charge in [0.2, 0.25) is 10.0 Å². The predicted molar refractivity (Wildman–Crippen MR) is 79.1 cm³/mol. The van der Waals surface area contributed by atoms with Crippen LogP contribution >= 0.6 is 0 Å². The summed E-state index contributed by atoms with van der Waals surface area (Å²) in [5.41, 5.74) is 0.495. The lowest BCUT2D eigenvalue weighted by Gasteiger charge is -2.23. The van der Waals surface area contributed by atoms with Crippen molar-refractivity contribution in [2.75, 3.05) is 11.5 Å². The molecule has 1 saturated heterocycles. The maximum absolute atomic E-state index is 12.3. The van der Waals surface area contributed by atoms with E-state index in [0.29, 0.717) is 18.4 Å². The maximum Gasteiger partial charge on any atom is 0.240 e. The summed E-state index contributed by atoms with van der Waals surface area (Å²) in [7, 11) is -6.97. The number of benzene rings is 1. The van der Waals surface area contributed by atoms with Gasteiger partial charge >= 0.3 is 0 Å². The lowest BCUT2D eigenvalue weighted by atomic mass is 10.1. The number of hydrogen-bond donors (Lipinski definition) is 2. The minimum Gasteiger partial charge on any atom is -0.389 e. The highest BCUT2D eigenvalue weighted by molar-refractivity contribution is 7.91. The van der Waals surface area contributed by atoms with Gasteiger partial charge in [0.25, 0.3) is 0 Å². The SMILES string of the molecule is CC(O)c1cccc(S(=O)(=O)NC2CCCS(=O)(=O)C2)c1. The minimum absolute atomic E-state index is 0.0314. The van der Waals surface area contributed by atoms with E-state index in [1.807, 2.05) is 0 Å². The zero-order valence-corrected chi connectivity index (χ0v) is 13.3. The number of nitrogens with one attached hydrogen (secondary N) is 1. The summed E-state index contributed by atoms with van der Waals surface area (Å²) in [5, 5.41) is 9.51. The standard InChI is InChI=1S/C13H19NO5S2/c1-10(15)11-4-2-6-13(8-11)21(18,19)14-12-5-3-7-20(16,17)9-12/h2,4,6,8,10,12,14-15H,3,5,7,9H2,1H3. The molecule has 0 amide bonds. The predicted octanol–water partition coefficient (Wildman–Crippen LogP) is 0.595. The fraction of sp³-hybridized carbons (Fsp3) is 0.538. The molecular formula is C13H19NO5S2. The van der Waals surface area contributed by atoms with Gasteiger partial charge in [-0.2, -0.15) is 0 Å². The summed E-state index contributed by atoms with van der Waals surface area (Å²) in [6, 6.07) is 5.41. The van der Waals surface area contributed by atoms with Crippen molar-refractivity contribution in [3.63, 3.8) is 0 Å². The number of aliphatic hydroxyl groups excluding tert-OH is 1. The van der Waals surface area contributed by atoms with Gasteiger partial charge in [0.05, 0.1) is 22.5 Å². The number of sulfonamides is 1. The summed E-state index contributed by atoms with van der Waals surface area (Å²) >= 11 is 0. The molecule has 1 heterocycles. The van der Waals surface area contributed by atoms with Crippen molar-refractivity contribution >= 4 is 19.9 Å². The van der Waals surface area contributed by atoms with Gasteiger partial charge in [-0.25, -0.2) is 21.6 Å². The Morgan fingerprint density at radius 3 is 2.71 bits per heavy atom. The van der Waals surface area contributed by atoms with Crippen molar-refractivity contribution in [1.29, 1.82) is 0 Å². The summed E-state index contributed by atoms with van der Waals surface area (Å²) in [4.78, 5) is 0.0314. The van der Waals surface area contributed by atoms with E-state index in [1.54, 1.807) is 19.1 Å². The van der Waals surface area contributed by atoms with Gasteiger partial charge in [-0.3, -0.25) is 0 Å². The van der Waals surface area contributed by atoms with Crippen LogP contribution in [0.2, 0.25) is 0 Å². The van der Waals surface area contributed by atoms with Gasteiger partial charge in [-0.15, -0.1) is 0 Å². The summed E-state index contributed by atoms with van der Waals surface area (Å²) in [5.74, 6) is -0.0505. The molecule has 2 unspecified atom stereocenters. The van der Waals surface area contributed by atoms with Gasteiger partial charge in [-0.1, -0.05) is 12.1 Å². The van der Waals surface area contributed by atoms with E-state index < -0.39 is 32.0 Å². The first kappa shape index (κ1) is 16.4. The third kappa shape index (κ3) is 4.26. The first-order valence-corrected chi connectivity index (χ1v) is 10.0. The molecule has 1 fully saturated rings. The molecule has 1 aliphatic rings. The fourth-order valence-corrected chi connectivity index (χ4v) is 5.41. The molecule has 0 bridgehead atoms. The van der Waals surface area contributed by atoms with Crippen LogP contribution in [0.1, 0.15) is 31.4 Å². The van der Waals surface area contributed by atoms with Gasteiger partial charge in [0.1, 0.15) is 0 Å². The zero-order chi connectivity index (χ0) is 15.7. The van der Waals surface area contributed by atoms with Gasteiger partial charge in [0, 0.05) is 6.04 Å². The van der Waals surface area contributed by atoms with Crippen LogP contribution in [0.15, 0.2) is 29.2 Å². The third-order valence-electron chi connectivity index (χ3n) is 3.44. The molecule has 2 rings (SSSR count). The highest BCUT2D eigenvalue weighted by atomic mass is 32.2. The van der Waals surface area contributed by atoms with Gasteiger partial charge in [0.15, 0.2) is 9.84 Å². The molecule has 0 radical (unpaired) electrons. The topological polar surface area (TPSA) is 101 Å². The molecule has 118 valence electrons. The Balaban J connectivity index is 2.20. The Bertz CT molecular complexity index is 710. The molecule has 1 aliphatic heterocycles. The van der Waals surface area contributed by atoms with Crippen LogP contribution in [-0.2, 0) is 19.9 Å². The summed E-state index contributed by atoms with van der Waals surface area (Å²) in [6.45, 7) is 1.55. The largest absolute Gasteiger partial charge is 0.389 e. The van der Waals surface area contributed by atoms with Crippen LogP contribution in [0.25, 0.3) is 0 Å². The molecule has 21 heavy (non-hydrogen) atoms. The Morgan fingerprint density at radius 1 is 1.38 bits per heavy atom. The Labute approximate surface area is 125 Å². The minimum atomic E-state index is -3.79. The molecule has 8 heteroatoms. The van der Waals surface area contributed by atoms with Crippen LogP contribution < -0.4 is 4.72 Å². The van der Waals surface area contributed by atoms with Crippen molar-refractivity contribution in [2.24, 2.45) is 0 Å². The number of aliphatic hydroxyl groups is 1. The average Bonchev–Trinajstić information content (AvgIpc) is 2.37. The van der Waals surface area contributed by atoms with Crippen LogP contribution in [0.4, 0.5) is 0 Å². The molecule has 6 nitrogen and oxygen atoms in total. The highest BCUT2D eigenvalue weighted by Crippen LogP contribution is 2.19. The Hall–Kier alpha value is -0.960. The second-order valence-corrected chi connectivity index (χ2v) is 9.27. The molecule has 1 aromatic rings. The molecular weight excluding hydrogens is 314 g/mol. The first-order valence-electron chi connectivity index (χ1n) is 6.70. The van der Waals surface area contributed by atoms with E-state index in [1.165, 1.54) is 12.1 Å². The molecule has 0 aliphatic carbocycles. The lowest BCUT2D eigenvalue weighted by Crippen LogP contribution is -2.43. The number of hydrogen-bond acceptors (Lipinski definition) is 5. The van der Waals surface area contributed by atoms with Crippen molar-refractivity contribution in [2.45, 2.75) is 36.8 Å². The van der Waals surface area contributed by atoms with E-state index in [9.17, 15) is 21.9 Å². The molecule has 1 aromatic carbocycles. The van der Waals surface area contributed by atoms with E-state index in [-0.39, 0.29) is 16.4 Å². The summed E-state index contributed by atoms with van der Waals surface area (Å²) < 4.78 is 50.2. The number of sulfone groups is 1. The highest BCUT2D eigenvalue weighted by Gasteiger charge is 2.28. The van der Waals surface area contributed by atoms with Crippen LogP contribution in [-0.4, -0.2) is 39.5 Å². The Kier molecular flexibility index (Phi) is 4.72. The summed E-state index contributed by atoms with van der Waals surface area (Å²) in [6.07, 6.45) is 0.202. The Morgan fingerprint density at radius 2 is 2.10 bits per heavy atom. The lowest BCUT2D eigenvalue weighted by molar-refractivity contribution is 0.199. The molecule has 2 atom stereocenters. The van der Waals surface area contributed by atoms with Crippen molar-refractivity contribution in [3.05, 3.63) is 29.8 Å². The normalized spacial score (nSPS) is 23.6. The quantitative estimate of drug-likeness (QED) is 0.840. The fourth-order valence-electron chi connectivity index (χ4n) is 2.34. The zero-order valence-electron chi connectivity index (χ0n) is 11.7. The van der Waals surface area contributed by atoms with E-state index in [4.69, 9.17) is 0 Å². The van der Waals surface area contributed by atoms with E-state index in [0.717, 1.165) is 0 Å². The van der Waals surface area contributed by atoms with Gasteiger partial charge in [-0.05, 0) is 37.5 Å². The van der Waals surface area contributed by atoms with Crippen LogP contribution in [0.5, 0.6) is 0 Å².